The average molecular weight is 202 g/mol. The Labute approximate surface area is 87.7 Å². The van der Waals surface area contributed by atoms with E-state index >= 15 is 0 Å². The van der Waals surface area contributed by atoms with Gasteiger partial charge in [0.25, 0.3) is 0 Å². The molecule has 0 aromatic heterocycles. The SMILES string of the molecule is CCCNC(=S)N(CCC)C(C)C. The summed E-state index contributed by atoms with van der Waals surface area (Å²) in [6.45, 7) is 10.7. The largest absolute Gasteiger partial charge is 0.363 e. The Kier molecular flexibility index (Phi) is 6.96. The lowest BCUT2D eigenvalue weighted by atomic mass is 10.3. The van der Waals surface area contributed by atoms with Crippen LogP contribution in [-0.4, -0.2) is 29.1 Å². The van der Waals surface area contributed by atoms with Crippen molar-refractivity contribution >= 4 is 17.3 Å². The molecular formula is C10H22N2S. The summed E-state index contributed by atoms with van der Waals surface area (Å²) in [6.07, 6.45) is 2.27. The molecule has 0 rings (SSSR count). The maximum atomic E-state index is 5.30. The van der Waals surface area contributed by atoms with Crippen molar-refractivity contribution in [1.29, 1.82) is 0 Å². The van der Waals surface area contributed by atoms with Gasteiger partial charge in [0, 0.05) is 19.1 Å². The van der Waals surface area contributed by atoms with Crippen LogP contribution in [0.4, 0.5) is 0 Å². The molecule has 0 radical (unpaired) electrons. The van der Waals surface area contributed by atoms with Gasteiger partial charge < -0.3 is 10.2 Å². The smallest absolute Gasteiger partial charge is 0.169 e. The van der Waals surface area contributed by atoms with Gasteiger partial charge in [0.1, 0.15) is 0 Å². The number of nitrogens with zero attached hydrogens (tertiary/aromatic N) is 1. The van der Waals surface area contributed by atoms with Crippen molar-refractivity contribution < 1.29 is 0 Å². The first-order valence-electron chi connectivity index (χ1n) is 5.17. The molecule has 0 heterocycles. The van der Waals surface area contributed by atoms with Crippen molar-refractivity contribution in [2.24, 2.45) is 0 Å². The zero-order valence-corrected chi connectivity index (χ0v) is 10.1. The van der Waals surface area contributed by atoms with Gasteiger partial charge in [-0.1, -0.05) is 13.8 Å². The minimum absolute atomic E-state index is 0.497. The van der Waals surface area contributed by atoms with Gasteiger partial charge in [-0.3, -0.25) is 0 Å². The first kappa shape index (κ1) is 12.7. The molecule has 3 heteroatoms. The van der Waals surface area contributed by atoms with E-state index in [2.05, 4.69) is 37.9 Å². The molecule has 0 fully saturated rings. The van der Waals surface area contributed by atoms with E-state index in [4.69, 9.17) is 12.2 Å². The molecule has 1 N–H and O–H groups in total. The van der Waals surface area contributed by atoms with Crippen molar-refractivity contribution in [2.75, 3.05) is 13.1 Å². The molecule has 0 amide bonds. The molecule has 0 atom stereocenters. The van der Waals surface area contributed by atoms with E-state index in [-0.39, 0.29) is 0 Å². The summed E-state index contributed by atoms with van der Waals surface area (Å²) >= 11 is 5.30. The summed E-state index contributed by atoms with van der Waals surface area (Å²) in [4.78, 5) is 2.24. The summed E-state index contributed by atoms with van der Waals surface area (Å²) in [5.41, 5.74) is 0. The minimum atomic E-state index is 0.497. The fraction of sp³-hybridized carbons (Fsp3) is 0.900. The van der Waals surface area contributed by atoms with E-state index in [1.165, 1.54) is 0 Å². The number of rotatable bonds is 5. The first-order chi connectivity index (χ1) is 6.13. The van der Waals surface area contributed by atoms with Crippen molar-refractivity contribution in [1.82, 2.24) is 10.2 Å². The normalized spacial score (nSPS) is 10.2. The molecule has 0 spiro atoms. The Morgan fingerprint density at radius 1 is 1.31 bits per heavy atom. The molecular weight excluding hydrogens is 180 g/mol. The Hall–Kier alpha value is -0.310. The van der Waals surface area contributed by atoms with Crippen molar-refractivity contribution in [3.63, 3.8) is 0 Å². The third-order valence-electron chi connectivity index (χ3n) is 1.87. The van der Waals surface area contributed by atoms with E-state index in [9.17, 15) is 0 Å². The standard InChI is InChI=1S/C10H22N2S/c1-5-7-11-10(13)12(8-6-2)9(3)4/h9H,5-8H2,1-4H3,(H,11,13). The van der Waals surface area contributed by atoms with Gasteiger partial charge in [-0.25, -0.2) is 0 Å². The molecule has 0 unspecified atom stereocenters. The number of hydrogen-bond donors (Lipinski definition) is 1. The van der Waals surface area contributed by atoms with Gasteiger partial charge in [0.2, 0.25) is 0 Å². The lowest BCUT2D eigenvalue weighted by Crippen LogP contribution is -2.44. The molecule has 0 saturated carbocycles. The van der Waals surface area contributed by atoms with Crippen molar-refractivity contribution in [3.05, 3.63) is 0 Å². The Bertz CT molecular complexity index is 146. The van der Waals surface area contributed by atoms with Gasteiger partial charge >= 0.3 is 0 Å². The van der Waals surface area contributed by atoms with Gasteiger partial charge in [0.05, 0.1) is 0 Å². The van der Waals surface area contributed by atoms with Crippen LogP contribution in [0.3, 0.4) is 0 Å². The highest BCUT2D eigenvalue weighted by Gasteiger charge is 2.10. The summed E-state index contributed by atoms with van der Waals surface area (Å²) < 4.78 is 0. The van der Waals surface area contributed by atoms with E-state index in [0.717, 1.165) is 31.0 Å². The summed E-state index contributed by atoms with van der Waals surface area (Å²) in [5, 5.41) is 4.16. The lowest BCUT2D eigenvalue weighted by Gasteiger charge is -2.29. The second kappa shape index (κ2) is 7.13. The van der Waals surface area contributed by atoms with Gasteiger partial charge in [-0.05, 0) is 38.9 Å². The highest BCUT2D eigenvalue weighted by molar-refractivity contribution is 7.80. The molecule has 0 aliphatic heterocycles. The molecule has 78 valence electrons. The molecule has 13 heavy (non-hydrogen) atoms. The first-order valence-corrected chi connectivity index (χ1v) is 5.58. The Balaban J connectivity index is 3.96. The second-order valence-corrected chi connectivity index (χ2v) is 3.91. The Morgan fingerprint density at radius 3 is 2.31 bits per heavy atom. The molecule has 0 aromatic rings. The monoisotopic (exact) mass is 202 g/mol. The minimum Gasteiger partial charge on any atom is -0.363 e. The molecule has 0 aromatic carbocycles. The molecule has 0 aliphatic rings. The van der Waals surface area contributed by atoms with E-state index < -0.39 is 0 Å². The van der Waals surface area contributed by atoms with Crippen LogP contribution in [0.25, 0.3) is 0 Å². The molecule has 0 bridgehead atoms. The van der Waals surface area contributed by atoms with Crippen LogP contribution < -0.4 is 5.32 Å². The predicted molar refractivity (Wildman–Crippen MR) is 63.0 cm³/mol. The quantitative estimate of drug-likeness (QED) is 0.689. The fourth-order valence-electron chi connectivity index (χ4n) is 1.17. The van der Waals surface area contributed by atoms with Crippen LogP contribution in [0, 0.1) is 0 Å². The maximum Gasteiger partial charge on any atom is 0.169 e. The fourth-order valence-corrected chi connectivity index (χ4v) is 1.57. The maximum absolute atomic E-state index is 5.30. The summed E-state index contributed by atoms with van der Waals surface area (Å²) in [6, 6.07) is 0.497. The highest BCUT2D eigenvalue weighted by Crippen LogP contribution is 2.00. The van der Waals surface area contributed by atoms with Gasteiger partial charge in [0.15, 0.2) is 5.11 Å². The van der Waals surface area contributed by atoms with Crippen molar-refractivity contribution in [2.45, 2.75) is 46.6 Å². The Morgan fingerprint density at radius 2 is 1.92 bits per heavy atom. The second-order valence-electron chi connectivity index (χ2n) is 3.52. The van der Waals surface area contributed by atoms with Crippen LogP contribution in [0.5, 0.6) is 0 Å². The number of hydrogen-bond acceptors (Lipinski definition) is 1. The summed E-state index contributed by atoms with van der Waals surface area (Å²) in [5.74, 6) is 0. The number of thiocarbonyl (C=S) groups is 1. The van der Waals surface area contributed by atoms with E-state index in [1.54, 1.807) is 0 Å². The molecule has 2 nitrogen and oxygen atoms in total. The topological polar surface area (TPSA) is 15.3 Å². The predicted octanol–water partition coefficient (Wildman–Crippen LogP) is 2.39. The van der Waals surface area contributed by atoms with Crippen LogP contribution in [-0.2, 0) is 0 Å². The third kappa shape index (κ3) is 5.09. The van der Waals surface area contributed by atoms with Crippen LogP contribution in [0.15, 0.2) is 0 Å². The zero-order valence-electron chi connectivity index (χ0n) is 9.26. The molecule has 0 aliphatic carbocycles. The van der Waals surface area contributed by atoms with E-state index in [1.807, 2.05) is 0 Å². The van der Waals surface area contributed by atoms with Crippen LogP contribution >= 0.6 is 12.2 Å². The molecule has 0 saturated heterocycles. The van der Waals surface area contributed by atoms with E-state index in [0.29, 0.717) is 6.04 Å². The zero-order chi connectivity index (χ0) is 10.3. The third-order valence-corrected chi connectivity index (χ3v) is 2.25. The van der Waals surface area contributed by atoms with Crippen LogP contribution in [0.2, 0.25) is 0 Å². The number of nitrogens with one attached hydrogen (secondary N) is 1. The van der Waals surface area contributed by atoms with Gasteiger partial charge in [-0.15, -0.1) is 0 Å². The average Bonchev–Trinajstić information content (AvgIpc) is 2.09. The van der Waals surface area contributed by atoms with Gasteiger partial charge in [-0.2, -0.15) is 0 Å². The van der Waals surface area contributed by atoms with Crippen molar-refractivity contribution in [3.8, 4) is 0 Å². The lowest BCUT2D eigenvalue weighted by molar-refractivity contribution is 0.344. The summed E-state index contributed by atoms with van der Waals surface area (Å²) in [7, 11) is 0. The van der Waals surface area contributed by atoms with Crippen LogP contribution in [0.1, 0.15) is 40.5 Å². The highest BCUT2D eigenvalue weighted by atomic mass is 32.1.